The van der Waals surface area contributed by atoms with Gasteiger partial charge in [-0.15, -0.1) is 5.10 Å². The Kier molecular flexibility index (Phi) is 2.15. The van der Waals surface area contributed by atoms with Crippen LogP contribution in [0, 0.1) is 0 Å². The Hall–Kier alpha value is -1.51. The Balaban J connectivity index is 2.73. The first-order chi connectivity index (χ1) is 6.74. The minimum Gasteiger partial charge on any atom is -0.399 e. The number of rotatable bonds is 2. The highest BCUT2D eigenvalue weighted by molar-refractivity contribution is 5.82. The molecule has 1 heterocycles. The van der Waals surface area contributed by atoms with Crippen LogP contribution in [-0.2, 0) is 0 Å². The Morgan fingerprint density at radius 2 is 2.00 bits per heavy atom. The molecule has 74 valence electrons. The van der Waals surface area contributed by atoms with E-state index in [2.05, 4.69) is 25.0 Å². The normalized spacial score (nSPS) is 11.1. The minimum absolute atomic E-state index is 0.413. The summed E-state index contributed by atoms with van der Waals surface area (Å²) >= 11 is 0. The van der Waals surface area contributed by atoms with Crippen molar-refractivity contribution >= 4 is 10.9 Å². The molecule has 0 spiro atoms. The predicted octanol–water partition coefficient (Wildman–Crippen LogP) is 2.22. The van der Waals surface area contributed by atoms with E-state index in [0.29, 0.717) is 5.92 Å². The zero-order valence-corrected chi connectivity index (χ0v) is 8.69. The number of hydrogen-bond donors (Lipinski definition) is 0. The van der Waals surface area contributed by atoms with Gasteiger partial charge < -0.3 is 4.84 Å². The Bertz CT molecular complexity index is 445. The third kappa shape index (κ3) is 1.25. The van der Waals surface area contributed by atoms with Crippen molar-refractivity contribution in [3.8, 4) is 0 Å². The molecule has 0 saturated heterocycles. The van der Waals surface area contributed by atoms with Gasteiger partial charge in [0.1, 0.15) is 12.6 Å². The molecule has 0 aliphatic heterocycles. The van der Waals surface area contributed by atoms with Crippen LogP contribution >= 0.6 is 0 Å². The van der Waals surface area contributed by atoms with Crippen LogP contribution in [0.25, 0.3) is 10.9 Å². The molecule has 14 heavy (non-hydrogen) atoms. The lowest BCUT2D eigenvalue weighted by Crippen LogP contribution is -2.07. The first-order valence-electron chi connectivity index (χ1n) is 4.76. The number of benzene rings is 1. The topological polar surface area (TPSA) is 27.1 Å². The van der Waals surface area contributed by atoms with Crippen molar-refractivity contribution in [1.82, 2.24) is 9.94 Å². The fourth-order valence-electron chi connectivity index (χ4n) is 1.63. The largest absolute Gasteiger partial charge is 0.399 e. The zero-order chi connectivity index (χ0) is 10.1. The number of para-hydroxylation sites is 1. The molecule has 3 nitrogen and oxygen atoms in total. The third-order valence-corrected chi connectivity index (χ3v) is 2.30. The molecule has 0 radical (unpaired) electrons. The van der Waals surface area contributed by atoms with Crippen LogP contribution in [0.3, 0.4) is 0 Å². The van der Waals surface area contributed by atoms with E-state index in [4.69, 9.17) is 4.84 Å². The van der Waals surface area contributed by atoms with Gasteiger partial charge in [0.05, 0.1) is 5.69 Å². The lowest BCUT2D eigenvalue weighted by atomic mass is 10.1. The van der Waals surface area contributed by atoms with Gasteiger partial charge in [0.25, 0.3) is 0 Å². The second-order valence-electron chi connectivity index (χ2n) is 3.61. The Labute approximate surface area is 83.2 Å². The van der Waals surface area contributed by atoms with Crippen molar-refractivity contribution in [1.29, 1.82) is 0 Å². The Morgan fingerprint density at radius 3 is 2.64 bits per heavy atom. The SMILES string of the molecule is COn1nc(C(C)C)c2ccccc21. The highest BCUT2D eigenvalue weighted by Gasteiger charge is 2.12. The maximum absolute atomic E-state index is 5.16. The maximum Gasteiger partial charge on any atom is 0.110 e. The van der Waals surface area contributed by atoms with E-state index in [1.807, 2.05) is 18.2 Å². The van der Waals surface area contributed by atoms with Gasteiger partial charge in [-0.05, 0) is 12.0 Å². The summed E-state index contributed by atoms with van der Waals surface area (Å²) in [7, 11) is 1.63. The van der Waals surface area contributed by atoms with Crippen LogP contribution in [0.2, 0.25) is 0 Å². The highest BCUT2D eigenvalue weighted by Crippen LogP contribution is 2.23. The van der Waals surface area contributed by atoms with E-state index >= 15 is 0 Å². The number of fused-ring (bicyclic) bond motifs is 1. The molecular formula is C11H14N2O. The molecule has 0 atom stereocenters. The molecule has 0 unspecified atom stereocenters. The van der Waals surface area contributed by atoms with Gasteiger partial charge in [-0.3, -0.25) is 0 Å². The second kappa shape index (κ2) is 3.33. The molecule has 1 aromatic heterocycles. The number of aromatic nitrogens is 2. The summed E-state index contributed by atoms with van der Waals surface area (Å²) in [6.45, 7) is 4.27. The van der Waals surface area contributed by atoms with Gasteiger partial charge in [0, 0.05) is 5.39 Å². The Morgan fingerprint density at radius 1 is 1.29 bits per heavy atom. The van der Waals surface area contributed by atoms with Gasteiger partial charge >= 0.3 is 0 Å². The maximum atomic E-state index is 5.16. The quantitative estimate of drug-likeness (QED) is 0.726. The molecular weight excluding hydrogens is 176 g/mol. The minimum atomic E-state index is 0.413. The average Bonchev–Trinajstić information content (AvgIpc) is 2.56. The van der Waals surface area contributed by atoms with Crippen LogP contribution in [0.15, 0.2) is 24.3 Å². The summed E-state index contributed by atoms with van der Waals surface area (Å²) < 4.78 is 0. The van der Waals surface area contributed by atoms with E-state index in [0.717, 1.165) is 11.2 Å². The van der Waals surface area contributed by atoms with Gasteiger partial charge in [0.15, 0.2) is 0 Å². The first-order valence-corrected chi connectivity index (χ1v) is 4.76. The van der Waals surface area contributed by atoms with Crippen molar-refractivity contribution < 1.29 is 4.84 Å². The predicted molar refractivity (Wildman–Crippen MR) is 56.3 cm³/mol. The number of nitrogens with zero attached hydrogens (tertiary/aromatic N) is 2. The lowest BCUT2D eigenvalue weighted by Gasteiger charge is -1.98. The van der Waals surface area contributed by atoms with Crippen molar-refractivity contribution in [2.45, 2.75) is 19.8 Å². The van der Waals surface area contributed by atoms with Crippen molar-refractivity contribution in [2.75, 3.05) is 7.11 Å². The van der Waals surface area contributed by atoms with E-state index in [-0.39, 0.29) is 0 Å². The van der Waals surface area contributed by atoms with E-state index in [1.165, 1.54) is 5.39 Å². The first kappa shape index (κ1) is 9.06. The molecule has 3 heteroatoms. The molecule has 1 aromatic carbocycles. The van der Waals surface area contributed by atoms with E-state index in [9.17, 15) is 0 Å². The van der Waals surface area contributed by atoms with Gasteiger partial charge in [-0.1, -0.05) is 36.9 Å². The van der Waals surface area contributed by atoms with Crippen molar-refractivity contribution in [2.24, 2.45) is 0 Å². The van der Waals surface area contributed by atoms with Crippen LogP contribution in [-0.4, -0.2) is 17.1 Å². The molecule has 0 aliphatic rings. The molecule has 2 rings (SSSR count). The molecule has 0 fully saturated rings. The molecule has 0 saturated carbocycles. The molecule has 0 N–H and O–H groups in total. The summed E-state index contributed by atoms with van der Waals surface area (Å²) in [6.07, 6.45) is 0. The van der Waals surface area contributed by atoms with Crippen molar-refractivity contribution in [3.05, 3.63) is 30.0 Å². The van der Waals surface area contributed by atoms with Gasteiger partial charge in [0.2, 0.25) is 0 Å². The summed E-state index contributed by atoms with van der Waals surface area (Å²) in [6, 6.07) is 8.10. The fraction of sp³-hybridized carbons (Fsp3) is 0.364. The van der Waals surface area contributed by atoms with Crippen molar-refractivity contribution in [3.63, 3.8) is 0 Å². The van der Waals surface area contributed by atoms with E-state index < -0.39 is 0 Å². The molecule has 2 aromatic rings. The molecule has 0 bridgehead atoms. The van der Waals surface area contributed by atoms with E-state index in [1.54, 1.807) is 12.0 Å². The average molecular weight is 190 g/mol. The summed E-state index contributed by atoms with van der Waals surface area (Å²) in [5.41, 5.74) is 2.11. The molecule has 0 aliphatic carbocycles. The summed E-state index contributed by atoms with van der Waals surface area (Å²) in [5.74, 6) is 0.413. The second-order valence-corrected chi connectivity index (χ2v) is 3.61. The molecule has 0 amide bonds. The smallest absolute Gasteiger partial charge is 0.110 e. The van der Waals surface area contributed by atoms with Crippen LogP contribution in [0.1, 0.15) is 25.5 Å². The highest BCUT2D eigenvalue weighted by atomic mass is 16.7. The van der Waals surface area contributed by atoms with Gasteiger partial charge in [-0.25, -0.2) is 0 Å². The number of hydrogen-bond acceptors (Lipinski definition) is 2. The van der Waals surface area contributed by atoms with Crippen LogP contribution in [0.5, 0.6) is 0 Å². The standard InChI is InChI=1S/C11H14N2O/c1-8(2)11-9-6-4-5-7-10(9)13(12-11)14-3/h4-8H,1-3H3. The monoisotopic (exact) mass is 190 g/mol. The van der Waals surface area contributed by atoms with Gasteiger partial charge in [-0.2, -0.15) is 0 Å². The summed E-state index contributed by atoms with van der Waals surface area (Å²) in [5, 5.41) is 5.57. The zero-order valence-electron chi connectivity index (χ0n) is 8.69. The van der Waals surface area contributed by atoms with Crippen LogP contribution < -0.4 is 4.84 Å². The fourth-order valence-corrected chi connectivity index (χ4v) is 1.63. The summed E-state index contributed by atoms with van der Waals surface area (Å²) in [4.78, 5) is 6.74. The third-order valence-electron chi connectivity index (χ3n) is 2.30. The van der Waals surface area contributed by atoms with Crippen LogP contribution in [0.4, 0.5) is 0 Å². The lowest BCUT2D eigenvalue weighted by molar-refractivity contribution is 0.143.